The maximum absolute atomic E-state index is 12.6. The van der Waals surface area contributed by atoms with Crippen LogP contribution in [0, 0.1) is 5.92 Å². The number of ether oxygens (including phenoxy) is 1. The fourth-order valence-corrected chi connectivity index (χ4v) is 3.28. The Kier molecular flexibility index (Phi) is 4.52. The average Bonchev–Trinajstić information content (AvgIpc) is 3.53. The average molecular weight is 345 g/mol. The number of carbonyl (C=O) groups is 2. The molecule has 2 saturated heterocycles. The van der Waals surface area contributed by atoms with Crippen LogP contribution in [0.5, 0.6) is 0 Å². The molecule has 0 atom stereocenters. The van der Waals surface area contributed by atoms with Crippen molar-refractivity contribution in [3.8, 4) is 0 Å². The molecule has 0 spiro atoms. The van der Waals surface area contributed by atoms with Crippen LogP contribution in [0.1, 0.15) is 23.3 Å². The van der Waals surface area contributed by atoms with E-state index < -0.39 is 0 Å². The van der Waals surface area contributed by atoms with Gasteiger partial charge in [0.2, 0.25) is 5.91 Å². The number of carbonyl (C=O) groups excluding carboxylic acids is 2. The fraction of sp³-hybridized carbons (Fsp3) is 0.647. The molecule has 0 bridgehead atoms. The van der Waals surface area contributed by atoms with Gasteiger partial charge in [0.05, 0.1) is 13.2 Å². The number of aromatic nitrogens is 2. The van der Waals surface area contributed by atoms with E-state index in [4.69, 9.17) is 4.74 Å². The number of anilines is 1. The van der Waals surface area contributed by atoms with E-state index in [1.165, 1.54) is 0 Å². The van der Waals surface area contributed by atoms with Gasteiger partial charge in [0.25, 0.3) is 5.91 Å². The van der Waals surface area contributed by atoms with Crippen molar-refractivity contribution in [3.63, 3.8) is 0 Å². The van der Waals surface area contributed by atoms with E-state index in [9.17, 15) is 9.59 Å². The second kappa shape index (κ2) is 6.95. The zero-order valence-corrected chi connectivity index (χ0v) is 14.3. The molecule has 2 amide bonds. The highest BCUT2D eigenvalue weighted by molar-refractivity contribution is 5.92. The first-order chi connectivity index (χ1) is 12.2. The van der Waals surface area contributed by atoms with Crippen molar-refractivity contribution in [2.45, 2.75) is 12.8 Å². The van der Waals surface area contributed by atoms with Gasteiger partial charge in [-0.3, -0.25) is 9.59 Å². The van der Waals surface area contributed by atoms with Crippen molar-refractivity contribution in [3.05, 3.63) is 17.8 Å². The molecule has 134 valence electrons. The summed E-state index contributed by atoms with van der Waals surface area (Å²) in [6.45, 7) is 5.30. The minimum Gasteiger partial charge on any atom is -0.378 e. The lowest BCUT2D eigenvalue weighted by Gasteiger charge is -2.34. The highest BCUT2D eigenvalue weighted by atomic mass is 16.5. The van der Waals surface area contributed by atoms with Crippen LogP contribution in [0.25, 0.3) is 0 Å². The molecule has 1 saturated carbocycles. The van der Waals surface area contributed by atoms with Crippen molar-refractivity contribution < 1.29 is 14.3 Å². The van der Waals surface area contributed by atoms with Crippen LogP contribution in [0.2, 0.25) is 0 Å². The van der Waals surface area contributed by atoms with Gasteiger partial charge in [-0.05, 0) is 25.0 Å². The van der Waals surface area contributed by atoms with Crippen molar-refractivity contribution in [1.82, 2.24) is 20.0 Å². The Bertz CT molecular complexity index is 632. The third-order valence-electron chi connectivity index (χ3n) is 5.01. The molecular formula is C17H23N5O3. The van der Waals surface area contributed by atoms with Crippen molar-refractivity contribution >= 4 is 17.6 Å². The number of hydrogen-bond acceptors (Lipinski definition) is 6. The second-order valence-corrected chi connectivity index (χ2v) is 6.77. The van der Waals surface area contributed by atoms with Gasteiger partial charge < -0.3 is 19.4 Å². The molecule has 3 aliphatic rings. The van der Waals surface area contributed by atoms with E-state index in [2.05, 4.69) is 15.1 Å². The van der Waals surface area contributed by atoms with Gasteiger partial charge in [0.15, 0.2) is 11.5 Å². The van der Waals surface area contributed by atoms with Crippen LogP contribution in [0.3, 0.4) is 0 Å². The maximum Gasteiger partial charge on any atom is 0.274 e. The topological polar surface area (TPSA) is 78.9 Å². The standard InChI is InChI=1S/C17H23N5O3/c23-16(13-1-2-13)21-5-7-22(8-6-21)17(24)14-3-4-15(19-18-14)20-9-11-25-12-10-20/h3-4,13H,1-2,5-12H2. The first-order valence-corrected chi connectivity index (χ1v) is 8.97. The number of amides is 2. The van der Waals surface area contributed by atoms with Crippen molar-refractivity contribution in [1.29, 1.82) is 0 Å². The predicted octanol–water partition coefficient (Wildman–Crippen LogP) is 0.00760. The van der Waals surface area contributed by atoms with Crippen LogP contribution in [0.4, 0.5) is 5.82 Å². The molecule has 1 aliphatic carbocycles. The Morgan fingerprint density at radius 1 is 0.920 bits per heavy atom. The molecule has 0 aromatic carbocycles. The van der Waals surface area contributed by atoms with E-state index in [0.29, 0.717) is 45.1 Å². The summed E-state index contributed by atoms with van der Waals surface area (Å²) >= 11 is 0. The van der Waals surface area contributed by atoms with Crippen LogP contribution < -0.4 is 4.90 Å². The molecule has 4 rings (SSSR count). The molecule has 0 unspecified atom stereocenters. The van der Waals surface area contributed by atoms with E-state index in [0.717, 1.165) is 31.7 Å². The molecule has 1 aromatic rings. The minimum atomic E-state index is -0.112. The molecule has 0 N–H and O–H groups in total. The third-order valence-corrected chi connectivity index (χ3v) is 5.01. The largest absolute Gasteiger partial charge is 0.378 e. The van der Waals surface area contributed by atoms with Gasteiger partial charge in [-0.25, -0.2) is 0 Å². The highest BCUT2D eigenvalue weighted by Crippen LogP contribution is 2.31. The Morgan fingerprint density at radius 2 is 1.60 bits per heavy atom. The fourth-order valence-electron chi connectivity index (χ4n) is 3.28. The number of nitrogens with zero attached hydrogens (tertiary/aromatic N) is 5. The van der Waals surface area contributed by atoms with Crippen LogP contribution in [-0.2, 0) is 9.53 Å². The first-order valence-electron chi connectivity index (χ1n) is 8.97. The number of piperazine rings is 1. The summed E-state index contributed by atoms with van der Waals surface area (Å²) in [6.07, 6.45) is 2.03. The minimum absolute atomic E-state index is 0.112. The summed E-state index contributed by atoms with van der Waals surface area (Å²) in [5.74, 6) is 1.15. The predicted molar refractivity (Wildman–Crippen MR) is 90.3 cm³/mol. The van der Waals surface area contributed by atoms with Crippen LogP contribution >= 0.6 is 0 Å². The zero-order chi connectivity index (χ0) is 17.2. The molecule has 1 aromatic heterocycles. The molecule has 3 fully saturated rings. The number of morpholine rings is 1. The summed E-state index contributed by atoms with van der Waals surface area (Å²) in [5, 5.41) is 8.32. The number of hydrogen-bond donors (Lipinski definition) is 0. The Hall–Kier alpha value is -2.22. The summed E-state index contributed by atoms with van der Waals surface area (Å²) in [4.78, 5) is 30.4. The maximum atomic E-state index is 12.6. The zero-order valence-electron chi connectivity index (χ0n) is 14.3. The van der Waals surface area contributed by atoms with Gasteiger partial charge in [0.1, 0.15) is 0 Å². The molecule has 8 nitrogen and oxygen atoms in total. The first kappa shape index (κ1) is 16.3. The number of rotatable bonds is 3. The summed E-state index contributed by atoms with van der Waals surface area (Å²) in [5.41, 5.74) is 0.360. The van der Waals surface area contributed by atoms with E-state index in [-0.39, 0.29) is 17.7 Å². The van der Waals surface area contributed by atoms with Gasteiger partial charge in [-0.15, -0.1) is 10.2 Å². The van der Waals surface area contributed by atoms with Gasteiger partial charge in [0, 0.05) is 45.2 Å². The quantitative estimate of drug-likeness (QED) is 0.768. The van der Waals surface area contributed by atoms with Crippen LogP contribution in [0.15, 0.2) is 12.1 Å². The summed E-state index contributed by atoms with van der Waals surface area (Å²) in [7, 11) is 0. The lowest BCUT2D eigenvalue weighted by molar-refractivity contribution is -0.134. The smallest absolute Gasteiger partial charge is 0.274 e. The van der Waals surface area contributed by atoms with Gasteiger partial charge >= 0.3 is 0 Å². The molecule has 0 radical (unpaired) electrons. The summed E-state index contributed by atoms with van der Waals surface area (Å²) in [6, 6.07) is 3.58. The molecule has 25 heavy (non-hydrogen) atoms. The normalized spacial score (nSPS) is 21.4. The van der Waals surface area contributed by atoms with Crippen molar-refractivity contribution in [2.24, 2.45) is 5.92 Å². The Labute approximate surface area is 146 Å². The molecule has 8 heteroatoms. The molecule has 2 aliphatic heterocycles. The van der Waals surface area contributed by atoms with E-state index in [1.807, 2.05) is 11.0 Å². The van der Waals surface area contributed by atoms with Gasteiger partial charge in [-0.2, -0.15) is 0 Å². The third kappa shape index (κ3) is 3.58. The Morgan fingerprint density at radius 3 is 2.20 bits per heavy atom. The van der Waals surface area contributed by atoms with E-state index in [1.54, 1.807) is 11.0 Å². The van der Waals surface area contributed by atoms with Crippen LogP contribution in [-0.4, -0.2) is 84.3 Å². The Balaban J connectivity index is 1.34. The molecular weight excluding hydrogens is 322 g/mol. The highest BCUT2D eigenvalue weighted by Gasteiger charge is 2.35. The van der Waals surface area contributed by atoms with Crippen molar-refractivity contribution in [2.75, 3.05) is 57.4 Å². The molecule has 3 heterocycles. The van der Waals surface area contributed by atoms with E-state index >= 15 is 0 Å². The second-order valence-electron chi connectivity index (χ2n) is 6.77. The summed E-state index contributed by atoms with van der Waals surface area (Å²) < 4.78 is 5.33. The SMILES string of the molecule is O=C(c1ccc(N2CCOCC2)nn1)N1CCN(C(=O)C2CC2)CC1. The monoisotopic (exact) mass is 345 g/mol. The van der Waals surface area contributed by atoms with Gasteiger partial charge in [-0.1, -0.05) is 0 Å². The lowest BCUT2D eigenvalue weighted by Crippen LogP contribution is -2.51. The lowest BCUT2D eigenvalue weighted by atomic mass is 10.2.